The third kappa shape index (κ3) is 2.76. The van der Waals surface area contributed by atoms with Gasteiger partial charge in [-0.05, 0) is 18.5 Å². The van der Waals surface area contributed by atoms with Gasteiger partial charge in [0.1, 0.15) is 0 Å². The SMILES string of the molecule is CC1(c2ccc(B(O)O)c(C(F)(F)F)c2)OCCO1. The molecule has 8 heteroatoms. The summed E-state index contributed by atoms with van der Waals surface area (Å²) in [7, 11) is -2.19. The highest BCUT2D eigenvalue weighted by Gasteiger charge is 2.40. The van der Waals surface area contributed by atoms with Crippen LogP contribution in [0.1, 0.15) is 18.1 Å². The highest BCUT2D eigenvalue weighted by atomic mass is 19.4. The maximum atomic E-state index is 12.9. The first-order chi connectivity index (χ1) is 8.74. The lowest BCUT2D eigenvalue weighted by Crippen LogP contribution is -2.37. The van der Waals surface area contributed by atoms with Crippen LogP contribution in [0.15, 0.2) is 18.2 Å². The summed E-state index contributed by atoms with van der Waals surface area (Å²) in [5.74, 6) is -1.24. The fourth-order valence-corrected chi connectivity index (χ4v) is 1.99. The van der Waals surface area contributed by atoms with Crippen LogP contribution in [0.4, 0.5) is 13.2 Å². The number of hydrogen-bond donors (Lipinski definition) is 2. The van der Waals surface area contributed by atoms with E-state index < -0.39 is 30.1 Å². The van der Waals surface area contributed by atoms with Crippen LogP contribution in [0, 0.1) is 0 Å². The molecule has 0 spiro atoms. The Balaban J connectivity index is 2.50. The molecule has 0 radical (unpaired) electrons. The molecule has 104 valence electrons. The molecule has 19 heavy (non-hydrogen) atoms. The lowest BCUT2D eigenvalue weighted by Gasteiger charge is -2.24. The molecule has 0 unspecified atom stereocenters. The average Bonchev–Trinajstić information content (AvgIpc) is 2.75. The van der Waals surface area contributed by atoms with Gasteiger partial charge in [-0.2, -0.15) is 13.2 Å². The molecule has 0 bridgehead atoms. The Morgan fingerprint density at radius 2 is 1.79 bits per heavy atom. The third-order valence-electron chi connectivity index (χ3n) is 3.00. The van der Waals surface area contributed by atoms with E-state index in [9.17, 15) is 13.2 Å². The Morgan fingerprint density at radius 3 is 2.26 bits per heavy atom. The van der Waals surface area contributed by atoms with E-state index in [1.165, 1.54) is 13.0 Å². The zero-order valence-corrected chi connectivity index (χ0v) is 10.1. The molecule has 0 saturated carbocycles. The maximum Gasteiger partial charge on any atom is 0.489 e. The van der Waals surface area contributed by atoms with Gasteiger partial charge in [0.25, 0.3) is 0 Å². The Morgan fingerprint density at radius 1 is 1.21 bits per heavy atom. The van der Waals surface area contributed by atoms with Gasteiger partial charge in [-0.1, -0.05) is 12.1 Å². The van der Waals surface area contributed by atoms with Crippen LogP contribution < -0.4 is 5.46 Å². The second-order valence-electron chi connectivity index (χ2n) is 4.32. The minimum absolute atomic E-state index is 0.182. The molecule has 1 heterocycles. The van der Waals surface area contributed by atoms with Gasteiger partial charge in [0.15, 0.2) is 5.79 Å². The van der Waals surface area contributed by atoms with Gasteiger partial charge in [-0.15, -0.1) is 0 Å². The first-order valence-corrected chi connectivity index (χ1v) is 5.60. The van der Waals surface area contributed by atoms with Gasteiger partial charge in [0.2, 0.25) is 0 Å². The minimum atomic E-state index is -4.69. The van der Waals surface area contributed by atoms with Crippen molar-refractivity contribution in [3.63, 3.8) is 0 Å². The zero-order chi connectivity index (χ0) is 14.3. The topological polar surface area (TPSA) is 58.9 Å². The molecule has 1 aromatic carbocycles. The standard InChI is InChI=1S/C11H12BF3O4/c1-10(18-4-5-19-10)7-2-3-9(12(16)17)8(6-7)11(13,14)15/h2-3,6,16-17H,4-5H2,1H3. The molecular formula is C11H12BF3O4. The van der Waals surface area contributed by atoms with Crippen molar-refractivity contribution >= 4 is 12.6 Å². The summed E-state index contributed by atoms with van der Waals surface area (Å²) in [4.78, 5) is 0. The van der Waals surface area contributed by atoms with E-state index in [0.29, 0.717) is 13.2 Å². The van der Waals surface area contributed by atoms with Gasteiger partial charge in [-0.3, -0.25) is 0 Å². The van der Waals surface area contributed by atoms with E-state index in [1.54, 1.807) is 0 Å². The Bertz CT molecular complexity index is 469. The van der Waals surface area contributed by atoms with Crippen LogP contribution in [0.2, 0.25) is 0 Å². The molecule has 1 aliphatic rings. The fourth-order valence-electron chi connectivity index (χ4n) is 1.99. The van der Waals surface area contributed by atoms with E-state index in [4.69, 9.17) is 19.5 Å². The van der Waals surface area contributed by atoms with Crippen molar-refractivity contribution in [2.24, 2.45) is 0 Å². The van der Waals surface area contributed by atoms with Crippen LogP contribution in [-0.4, -0.2) is 30.4 Å². The van der Waals surface area contributed by atoms with Crippen molar-refractivity contribution in [3.05, 3.63) is 29.3 Å². The maximum absolute atomic E-state index is 12.9. The van der Waals surface area contributed by atoms with Crippen molar-refractivity contribution in [1.82, 2.24) is 0 Å². The molecule has 0 amide bonds. The van der Waals surface area contributed by atoms with Crippen molar-refractivity contribution < 1.29 is 32.7 Å². The Hall–Kier alpha value is -1.09. The molecule has 1 aromatic rings. The van der Waals surface area contributed by atoms with E-state index in [0.717, 1.165) is 12.1 Å². The summed E-state index contributed by atoms with van der Waals surface area (Å²) < 4.78 is 49.2. The van der Waals surface area contributed by atoms with E-state index in [2.05, 4.69) is 0 Å². The second-order valence-corrected chi connectivity index (χ2v) is 4.32. The van der Waals surface area contributed by atoms with Gasteiger partial charge in [0, 0.05) is 5.56 Å². The van der Waals surface area contributed by atoms with E-state index >= 15 is 0 Å². The molecule has 4 nitrogen and oxygen atoms in total. The lowest BCUT2D eigenvalue weighted by molar-refractivity contribution is -0.151. The quantitative estimate of drug-likeness (QED) is 0.777. The van der Waals surface area contributed by atoms with Crippen LogP contribution in [-0.2, 0) is 21.4 Å². The van der Waals surface area contributed by atoms with Gasteiger partial charge in [-0.25, -0.2) is 0 Å². The molecule has 2 rings (SSSR count). The van der Waals surface area contributed by atoms with Gasteiger partial charge >= 0.3 is 13.3 Å². The number of rotatable bonds is 2. The van der Waals surface area contributed by atoms with Gasteiger partial charge < -0.3 is 19.5 Å². The molecule has 0 atom stereocenters. The first-order valence-electron chi connectivity index (χ1n) is 5.60. The first kappa shape index (κ1) is 14.3. The van der Waals surface area contributed by atoms with Crippen molar-refractivity contribution in [1.29, 1.82) is 0 Å². The molecular weight excluding hydrogens is 264 g/mol. The van der Waals surface area contributed by atoms with Crippen molar-refractivity contribution in [3.8, 4) is 0 Å². The molecule has 1 fully saturated rings. The van der Waals surface area contributed by atoms with E-state index in [1.807, 2.05) is 0 Å². The van der Waals surface area contributed by atoms with Crippen LogP contribution in [0.25, 0.3) is 0 Å². The highest BCUT2D eigenvalue weighted by Crippen LogP contribution is 2.35. The number of alkyl halides is 3. The monoisotopic (exact) mass is 276 g/mol. The third-order valence-corrected chi connectivity index (χ3v) is 3.00. The summed E-state index contributed by atoms with van der Waals surface area (Å²) in [5.41, 5.74) is -1.53. The molecule has 1 aliphatic heterocycles. The molecule has 0 aliphatic carbocycles. The predicted molar refractivity (Wildman–Crippen MR) is 60.5 cm³/mol. The number of benzene rings is 1. The Kier molecular flexibility index (Phi) is 3.61. The highest BCUT2D eigenvalue weighted by molar-refractivity contribution is 6.59. The van der Waals surface area contributed by atoms with Crippen LogP contribution in [0.3, 0.4) is 0 Å². The molecule has 0 aromatic heterocycles. The zero-order valence-electron chi connectivity index (χ0n) is 10.1. The minimum Gasteiger partial charge on any atom is -0.423 e. The number of ether oxygens (including phenoxy) is 2. The fraction of sp³-hybridized carbons (Fsp3) is 0.455. The Labute approximate surface area is 107 Å². The largest absolute Gasteiger partial charge is 0.489 e. The molecule has 1 saturated heterocycles. The van der Waals surface area contributed by atoms with Crippen LogP contribution in [0.5, 0.6) is 0 Å². The van der Waals surface area contributed by atoms with Gasteiger partial charge in [0.05, 0.1) is 18.8 Å². The number of halogens is 3. The van der Waals surface area contributed by atoms with Crippen molar-refractivity contribution in [2.45, 2.75) is 18.9 Å². The smallest absolute Gasteiger partial charge is 0.423 e. The average molecular weight is 276 g/mol. The van der Waals surface area contributed by atoms with Crippen molar-refractivity contribution in [2.75, 3.05) is 13.2 Å². The summed E-state index contributed by atoms with van der Waals surface area (Å²) in [6, 6.07) is 3.16. The number of hydrogen-bond acceptors (Lipinski definition) is 4. The summed E-state index contributed by atoms with van der Waals surface area (Å²) >= 11 is 0. The second kappa shape index (κ2) is 4.79. The van der Waals surface area contributed by atoms with Crippen LogP contribution >= 0.6 is 0 Å². The summed E-state index contributed by atoms with van der Waals surface area (Å²) in [6.07, 6.45) is -4.69. The predicted octanol–water partition coefficient (Wildman–Crippen LogP) is 0.605. The normalized spacial score (nSPS) is 18.6. The lowest BCUT2D eigenvalue weighted by atomic mass is 9.76. The summed E-state index contributed by atoms with van der Waals surface area (Å²) in [6.45, 7) is 2.11. The summed E-state index contributed by atoms with van der Waals surface area (Å²) in [5, 5.41) is 18.0. The molecule has 2 N–H and O–H groups in total. The van der Waals surface area contributed by atoms with E-state index in [-0.39, 0.29) is 5.56 Å².